The number of rotatable bonds is 1. The summed E-state index contributed by atoms with van der Waals surface area (Å²) in [6.07, 6.45) is 3.16. The fraction of sp³-hybridized carbons (Fsp3) is 0.250. The molecule has 58 valence electrons. The van der Waals surface area contributed by atoms with Crippen molar-refractivity contribution < 1.29 is 4.74 Å². The summed E-state index contributed by atoms with van der Waals surface area (Å²) in [6, 6.07) is 3.73. The van der Waals surface area contributed by atoms with Crippen LogP contribution in [0, 0.1) is 12.1 Å². The van der Waals surface area contributed by atoms with Crippen molar-refractivity contribution >= 4 is 6.21 Å². The molecule has 0 atom stereocenters. The molecular formula is C8H10N2O. The number of aromatic nitrogens is 1. The minimum Gasteiger partial charge on any atom is -0.624 e. The molecule has 0 saturated heterocycles. The molecule has 0 aliphatic heterocycles. The van der Waals surface area contributed by atoms with Crippen molar-refractivity contribution in [1.82, 2.24) is 4.98 Å². The average Bonchev–Trinajstić information content (AvgIpc) is 1.93. The predicted octanol–water partition coefficient (Wildman–Crippen LogP) is 0.949. The van der Waals surface area contributed by atoms with Crippen LogP contribution in [0.5, 0.6) is 0 Å². The lowest BCUT2D eigenvalue weighted by Gasteiger charge is -1.94. The van der Waals surface area contributed by atoms with Gasteiger partial charge in [0.2, 0.25) is 0 Å². The third-order valence-corrected chi connectivity index (χ3v) is 1.25. The van der Waals surface area contributed by atoms with Gasteiger partial charge in [-0.2, -0.15) is 0 Å². The Morgan fingerprint density at radius 3 is 2.73 bits per heavy atom. The molecule has 0 radical (unpaired) electrons. The van der Waals surface area contributed by atoms with Crippen molar-refractivity contribution in [2.45, 2.75) is 6.92 Å². The molecule has 1 rings (SSSR count). The van der Waals surface area contributed by atoms with Gasteiger partial charge in [0.15, 0.2) is 6.21 Å². The third kappa shape index (κ3) is 2.37. The Labute approximate surface area is 65.6 Å². The zero-order valence-electron chi connectivity index (χ0n) is 6.61. The van der Waals surface area contributed by atoms with E-state index in [1.165, 1.54) is 13.3 Å². The van der Waals surface area contributed by atoms with E-state index < -0.39 is 0 Å². The number of hydroxylamine groups is 1. The van der Waals surface area contributed by atoms with Gasteiger partial charge in [0.25, 0.3) is 0 Å². The second-order valence-electron chi connectivity index (χ2n) is 2.44. The molecule has 3 heteroatoms. The minimum absolute atomic E-state index is 0.688. The van der Waals surface area contributed by atoms with Crippen molar-refractivity contribution in [2.75, 3.05) is 7.05 Å². The van der Waals surface area contributed by atoms with Gasteiger partial charge in [-0.3, -0.25) is 4.98 Å². The van der Waals surface area contributed by atoms with Gasteiger partial charge in [-0.15, -0.1) is 0 Å². The van der Waals surface area contributed by atoms with E-state index in [2.05, 4.69) is 4.98 Å². The van der Waals surface area contributed by atoms with Gasteiger partial charge in [-0.05, 0) is 18.6 Å². The lowest BCUT2D eigenvalue weighted by atomic mass is 10.3. The first-order chi connectivity index (χ1) is 5.18. The molecule has 0 aromatic carbocycles. The molecule has 3 nitrogen and oxygen atoms in total. The smallest absolute Gasteiger partial charge is 0.200 e. The average molecular weight is 150 g/mol. The van der Waals surface area contributed by atoms with Gasteiger partial charge < -0.3 is 5.21 Å². The summed E-state index contributed by atoms with van der Waals surface area (Å²) in [7, 11) is 1.43. The quantitative estimate of drug-likeness (QED) is 0.259. The van der Waals surface area contributed by atoms with E-state index in [0.29, 0.717) is 5.69 Å². The molecule has 0 aliphatic rings. The molecule has 1 aromatic heterocycles. The Bertz CT molecular complexity index is 260. The zero-order chi connectivity index (χ0) is 8.27. The Morgan fingerprint density at radius 2 is 2.27 bits per heavy atom. The standard InChI is InChI=1S/C8H10N2O/c1-7-3-4-8(9-5-7)6-10(2)11/h3-6H,1-2H3. The normalized spacial score (nSPS) is 11.6. The van der Waals surface area contributed by atoms with Crippen LogP contribution in [0.15, 0.2) is 18.3 Å². The van der Waals surface area contributed by atoms with Crippen molar-refractivity contribution in [3.05, 3.63) is 34.8 Å². The van der Waals surface area contributed by atoms with E-state index in [0.717, 1.165) is 10.3 Å². The highest BCUT2D eigenvalue weighted by Crippen LogP contribution is 1.94. The number of hydrogen-bond donors (Lipinski definition) is 0. The Hall–Kier alpha value is -1.38. The van der Waals surface area contributed by atoms with Gasteiger partial charge in [0, 0.05) is 6.20 Å². The SMILES string of the molecule is Cc1ccc(C=[N+](C)[O-])nc1. The Morgan fingerprint density at radius 1 is 1.55 bits per heavy atom. The molecule has 0 amide bonds. The first-order valence-electron chi connectivity index (χ1n) is 3.36. The number of pyridine rings is 1. The molecule has 0 spiro atoms. The van der Waals surface area contributed by atoms with Crippen LogP contribution >= 0.6 is 0 Å². The lowest BCUT2D eigenvalue weighted by Crippen LogP contribution is -1.99. The first-order valence-corrected chi connectivity index (χ1v) is 3.36. The van der Waals surface area contributed by atoms with Gasteiger partial charge in [-0.25, -0.2) is 4.74 Å². The Balaban J connectivity index is 2.91. The van der Waals surface area contributed by atoms with Gasteiger partial charge >= 0.3 is 0 Å². The molecule has 0 aliphatic carbocycles. The third-order valence-electron chi connectivity index (χ3n) is 1.25. The van der Waals surface area contributed by atoms with E-state index in [4.69, 9.17) is 0 Å². The van der Waals surface area contributed by atoms with Gasteiger partial charge in [0.1, 0.15) is 12.7 Å². The van der Waals surface area contributed by atoms with Crippen molar-refractivity contribution in [2.24, 2.45) is 0 Å². The van der Waals surface area contributed by atoms with E-state index in [-0.39, 0.29) is 0 Å². The van der Waals surface area contributed by atoms with Crippen molar-refractivity contribution in [3.63, 3.8) is 0 Å². The number of nitrogens with zero attached hydrogens (tertiary/aromatic N) is 2. The van der Waals surface area contributed by atoms with Gasteiger partial charge in [0.05, 0.1) is 0 Å². The largest absolute Gasteiger partial charge is 0.624 e. The summed E-state index contributed by atoms with van der Waals surface area (Å²) < 4.78 is 0.734. The summed E-state index contributed by atoms with van der Waals surface area (Å²) in [5.41, 5.74) is 1.78. The van der Waals surface area contributed by atoms with Crippen LogP contribution in [-0.4, -0.2) is 23.0 Å². The van der Waals surface area contributed by atoms with E-state index >= 15 is 0 Å². The summed E-state index contributed by atoms with van der Waals surface area (Å²) in [5.74, 6) is 0. The molecule has 0 bridgehead atoms. The highest BCUT2D eigenvalue weighted by molar-refractivity contribution is 5.72. The van der Waals surface area contributed by atoms with Crippen LogP contribution in [-0.2, 0) is 0 Å². The number of aryl methyl sites for hydroxylation is 1. The van der Waals surface area contributed by atoms with Crippen LogP contribution < -0.4 is 0 Å². The lowest BCUT2D eigenvalue weighted by molar-refractivity contribution is -0.416. The second kappa shape index (κ2) is 3.14. The molecule has 11 heavy (non-hydrogen) atoms. The molecule has 1 heterocycles. The molecular weight excluding hydrogens is 140 g/mol. The fourth-order valence-corrected chi connectivity index (χ4v) is 0.742. The maximum Gasteiger partial charge on any atom is 0.200 e. The topological polar surface area (TPSA) is 39.0 Å². The highest BCUT2D eigenvalue weighted by Gasteiger charge is 1.91. The number of hydrogen-bond acceptors (Lipinski definition) is 2. The zero-order valence-corrected chi connectivity index (χ0v) is 6.61. The van der Waals surface area contributed by atoms with E-state index in [1.807, 2.05) is 19.1 Å². The van der Waals surface area contributed by atoms with E-state index in [1.54, 1.807) is 6.20 Å². The highest BCUT2D eigenvalue weighted by atomic mass is 16.5. The van der Waals surface area contributed by atoms with Crippen LogP contribution in [0.2, 0.25) is 0 Å². The van der Waals surface area contributed by atoms with Crippen LogP contribution in [0.3, 0.4) is 0 Å². The second-order valence-corrected chi connectivity index (χ2v) is 2.44. The van der Waals surface area contributed by atoms with Gasteiger partial charge in [-0.1, -0.05) is 6.07 Å². The monoisotopic (exact) mass is 150 g/mol. The van der Waals surface area contributed by atoms with Crippen LogP contribution in [0.1, 0.15) is 11.3 Å². The predicted molar refractivity (Wildman–Crippen MR) is 43.7 cm³/mol. The first kappa shape index (κ1) is 7.72. The molecule has 0 saturated carbocycles. The summed E-state index contributed by atoms with van der Waals surface area (Å²) >= 11 is 0. The minimum atomic E-state index is 0.688. The van der Waals surface area contributed by atoms with Crippen molar-refractivity contribution in [3.8, 4) is 0 Å². The maximum atomic E-state index is 10.5. The van der Waals surface area contributed by atoms with Crippen LogP contribution in [0.4, 0.5) is 0 Å². The maximum absolute atomic E-state index is 10.5. The van der Waals surface area contributed by atoms with Crippen LogP contribution in [0.25, 0.3) is 0 Å². The summed E-state index contributed by atoms with van der Waals surface area (Å²) in [4.78, 5) is 4.02. The fourth-order valence-electron chi connectivity index (χ4n) is 0.742. The summed E-state index contributed by atoms with van der Waals surface area (Å²) in [6.45, 7) is 1.96. The molecule has 1 aromatic rings. The molecule has 0 N–H and O–H groups in total. The summed E-state index contributed by atoms with van der Waals surface area (Å²) in [5, 5.41) is 10.5. The Kier molecular flexibility index (Phi) is 2.21. The molecule has 0 unspecified atom stereocenters. The molecule has 0 fully saturated rings. The van der Waals surface area contributed by atoms with E-state index in [9.17, 15) is 5.21 Å². The van der Waals surface area contributed by atoms with Crippen molar-refractivity contribution in [1.29, 1.82) is 0 Å².